The first kappa shape index (κ1) is 10.7. The van der Waals surface area contributed by atoms with E-state index < -0.39 is 0 Å². The van der Waals surface area contributed by atoms with E-state index in [-0.39, 0.29) is 11.5 Å². The fraction of sp³-hybridized carbons (Fsp3) is 0.308. The molecule has 1 heterocycles. The van der Waals surface area contributed by atoms with Crippen LogP contribution >= 0.6 is 0 Å². The van der Waals surface area contributed by atoms with Crippen LogP contribution in [0.2, 0.25) is 0 Å². The molecule has 0 amide bonds. The first-order chi connectivity index (χ1) is 7.61. The molecule has 0 unspecified atom stereocenters. The highest BCUT2D eigenvalue weighted by atomic mass is 16.3. The molecule has 0 aliphatic rings. The number of benzene rings is 1. The molecule has 1 N–H and O–H groups in total. The summed E-state index contributed by atoms with van der Waals surface area (Å²) in [6, 6.07) is 5.24. The summed E-state index contributed by atoms with van der Waals surface area (Å²) in [5.41, 5.74) is 2.02. The standard InChI is InChI=1S/C13H15NO2/c1-3-10(15)6-9-8-14(2)13-5-4-11(16)7-12(9)13/h4-5,7-8,16H,3,6H2,1-2H3. The van der Waals surface area contributed by atoms with Crippen LogP contribution in [-0.4, -0.2) is 15.5 Å². The molecule has 0 aliphatic carbocycles. The molecule has 0 fully saturated rings. The molecule has 1 aromatic carbocycles. The van der Waals surface area contributed by atoms with Gasteiger partial charge in [-0.3, -0.25) is 4.79 Å². The van der Waals surface area contributed by atoms with Gasteiger partial charge in [0.05, 0.1) is 0 Å². The maximum atomic E-state index is 11.4. The molecule has 0 bridgehead atoms. The molecule has 0 atom stereocenters. The predicted octanol–water partition coefficient (Wildman–Crippen LogP) is 2.41. The van der Waals surface area contributed by atoms with Crippen LogP contribution in [0.4, 0.5) is 0 Å². The molecule has 3 heteroatoms. The van der Waals surface area contributed by atoms with Gasteiger partial charge in [-0.25, -0.2) is 0 Å². The highest BCUT2D eigenvalue weighted by Gasteiger charge is 2.09. The second kappa shape index (κ2) is 4.00. The fourth-order valence-corrected chi connectivity index (χ4v) is 1.94. The van der Waals surface area contributed by atoms with Crippen molar-refractivity contribution < 1.29 is 9.90 Å². The van der Waals surface area contributed by atoms with Gasteiger partial charge in [-0.05, 0) is 23.8 Å². The van der Waals surface area contributed by atoms with Crippen molar-refractivity contribution in [3.8, 4) is 5.75 Å². The Morgan fingerprint density at radius 2 is 2.19 bits per heavy atom. The van der Waals surface area contributed by atoms with Gasteiger partial charge >= 0.3 is 0 Å². The zero-order valence-electron chi connectivity index (χ0n) is 9.53. The minimum Gasteiger partial charge on any atom is -0.508 e. The first-order valence-electron chi connectivity index (χ1n) is 5.40. The van der Waals surface area contributed by atoms with Crippen LogP contribution in [0.3, 0.4) is 0 Å². The Labute approximate surface area is 94.3 Å². The van der Waals surface area contributed by atoms with E-state index >= 15 is 0 Å². The summed E-state index contributed by atoms with van der Waals surface area (Å²) in [5, 5.41) is 10.4. The van der Waals surface area contributed by atoms with Crippen molar-refractivity contribution >= 4 is 16.7 Å². The van der Waals surface area contributed by atoms with Crippen LogP contribution in [0.1, 0.15) is 18.9 Å². The minimum atomic E-state index is 0.218. The maximum Gasteiger partial charge on any atom is 0.137 e. The van der Waals surface area contributed by atoms with Crippen LogP contribution in [-0.2, 0) is 18.3 Å². The lowest BCUT2D eigenvalue weighted by molar-refractivity contribution is -0.118. The smallest absolute Gasteiger partial charge is 0.137 e. The van der Waals surface area contributed by atoms with Gasteiger partial charge in [0, 0.05) is 37.0 Å². The summed E-state index contributed by atoms with van der Waals surface area (Å²) < 4.78 is 1.98. The zero-order valence-corrected chi connectivity index (χ0v) is 9.53. The van der Waals surface area contributed by atoms with Crippen LogP contribution in [0.15, 0.2) is 24.4 Å². The van der Waals surface area contributed by atoms with Gasteiger partial charge in [0.15, 0.2) is 0 Å². The molecule has 0 saturated heterocycles. The molecule has 0 spiro atoms. The van der Waals surface area contributed by atoms with Crippen LogP contribution in [0.5, 0.6) is 5.75 Å². The summed E-state index contributed by atoms with van der Waals surface area (Å²) in [4.78, 5) is 11.4. The Kier molecular flexibility index (Phi) is 2.69. The summed E-state index contributed by atoms with van der Waals surface area (Å²) in [7, 11) is 1.94. The number of aryl methyl sites for hydroxylation is 1. The molecule has 84 valence electrons. The lowest BCUT2D eigenvalue weighted by atomic mass is 10.1. The highest BCUT2D eigenvalue weighted by molar-refractivity contribution is 5.90. The lowest BCUT2D eigenvalue weighted by Gasteiger charge is -1.98. The van der Waals surface area contributed by atoms with Crippen LogP contribution in [0, 0.1) is 0 Å². The second-order valence-corrected chi connectivity index (χ2v) is 4.04. The third kappa shape index (κ3) is 1.81. The van der Waals surface area contributed by atoms with Crippen molar-refractivity contribution in [3.05, 3.63) is 30.0 Å². The molecule has 0 saturated carbocycles. The van der Waals surface area contributed by atoms with Gasteiger partial charge in [0.2, 0.25) is 0 Å². The number of carbonyl (C=O) groups is 1. The molecule has 16 heavy (non-hydrogen) atoms. The van der Waals surface area contributed by atoms with Crippen molar-refractivity contribution in [2.45, 2.75) is 19.8 Å². The van der Waals surface area contributed by atoms with E-state index in [1.54, 1.807) is 12.1 Å². The van der Waals surface area contributed by atoms with E-state index in [2.05, 4.69) is 0 Å². The quantitative estimate of drug-likeness (QED) is 0.857. The molecule has 2 rings (SSSR count). The Balaban J connectivity index is 2.52. The van der Waals surface area contributed by atoms with Gasteiger partial charge in [-0.2, -0.15) is 0 Å². The first-order valence-corrected chi connectivity index (χ1v) is 5.40. The number of phenols is 1. The molecule has 2 aromatic rings. The van der Waals surface area contributed by atoms with Gasteiger partial charge in [0.25, 0.3) is 0 Å². The molecule has 1 aromatic heterocycles. The van der Waals surface area contributed by atoms with Crippen LogP contribution in [0.25, 0.3) is 10.9 Å². The summed E-state index contributed by atoms with van der Waals surface area (Å²) >= 11 is 0. The van der Waals surface area contributed by atoms with Crippen molar-refractivity contribution in [1.29, 1.82) is 0 Å². The fourth-order valence-electron chi connectivity index (χ4n) is 1.94. The number of ketones is 1. The zero-order chi connectivity index (χ0) is 11.7. The van der Waals surface area contributed by atoms with Crippen LogP contribution < -0.4 is 0 Å². The lowest BCUT2D eigenvalue weighted by Crippen LogP contribution is -1.99. The number of Topliss-reactive ketones (excluding diaryl/α,β-unsaturated/α-hetero) is 1. The van der Waals surface area contributed by atoms with Crippen molar-refractivity contribution in [1.82, 2.24) is 4.57 Å². The van der Waals surface area contributed by atoms with E-state index in [1.165, 1.54) is 0 Å². The third-order valence-electron chi connectivity index (χ3n) is 2.84. The topological polar surface area (TPSA) is 42.2 Å². The number of nitrogens with zero attached hydrogens (tertiary/aromatic N) is 1. The Morgan fingerprint density at radius 3 is 2.88 bits per heavy atom. The monoisotopic (exact) mass is 217 g/mol. The average molecular weight is 217 g/mol. The van der Waals surface area contributed by atoms with Crippen molar-refractivity contribution in [2.24, 2.45) is 7.05 Å². The summed E-state index contributed by atoms with van der Waals surface area (Å²) in [5.74, 6) is 0.458. The molecular weight excluding hydrogens is 202 g/mol. The van der Waals surface area contributed by atoms with E-state index in [0.717, 1.165) is 16.5 Å². The number of hydrogen-bond donors (Lipinski definition) is 1. The van der Waals surface area contributed by atoms with Gasteiger partial charge < -0.3 is 9.67 Å². The number of aromatic nitrogens is 1. The molecule has 0 aliphatic heterocycles. The summed E-state index contributed by atoms with van der Waals surface area (Å²) in [6.07, 6.45) is 2.95. The number of phenolic OH excluding ortho intramolecular Hbond substituents is 1. The minimum absolute atomic E-state index is 0.218. The second-order valence-electron chi connectivity index (χ2n) is 4.04. The normalized spacial score (nSPS) is 10.9. The number of fused-ring (bicyclic) bond motifs is 1. The predicted molar refractivity (Wildman–Crippen MR) is 63.6 cm³/mol. The van der Waals surface area contributed by atoms with E-state index in [9.17, 15) is 9.90 Å². The largest absolute Gasteiger partial charge is 0.508 e. The van der Waals surface area contributed by atoms with Gasteiger partial charge in [-0.1, -0.05) is 6.92 Å². The Morgan fingerprint density at radius 1 is 1.44 bits per heavy atom. The Hall–Kier alpha value is -1.77. The molecule has 3 nitrogen and oxygen atoms in total. The van der Waals surface area contributed by atoms with E-state index in [1.807, 2.05) is 30.8 Å². The molecule has 0 radical (unpaired) electrons. The van der Waals surface area contributed by atoms with E-state index in [0.29, 0.717) is 12.8 Å². The van der Waals surface area contributed by atoms with Crippen molar-refractivity contribution in [3.63, 3.8) is 0 Å². The van der Waals surface area contributed by atoms with Crippen molar-refractivity contribution in [2.75, 3.05) is 0 Å². The Bertz CT molecular complexity index is 540. The van der Waals surface area contributed by atoms with E-state index in [4.69, 9.17) is 0 Å². The van der Waals surface area contributed by atoms with Gasteiger partial charge in [0.1, 0.15) is 11.5 Å². The SMILES string of the molecule is CCC(=O)Cc1cn(C)c2ccc(O)cc12. The molecular formula is C13H15NO2. The maximum absolute atomic E-state index is 11.4. The third-order valence-corrected chi connectivity index (χ3v) is 2.84. The highest BCUT2D eigenvalue weighted by Crippen LogP contribution is 2.25. The number of carbonyl (C=O) groups excluding carboxylic acids is 1. The summed E-state index contributed by atoms with van der Waals surface area (Å²) in [6.45, 7) is 1.87. The number of rotatable bonds is 3. The van der Waals surface area contributed by atoms with Gasteiger partial charge in [-0.15, -0.1) is 0 Å². The number of aromatic hydroxyl groups is 1. The number of hydrogen-bond acceptors (Lipinski definition) is 2. The average Bonchev–Trinajstić information content (AvgIpc) is 2.55.